The Morgan fingerprint density at radius 1 is 1.17 bits per heavy atom. The van der Waals surface area contributed by atoms with E-state index in [1.807, 2.05) is 13.8 Å². The lowest BCUT2D eigenvalue weighted by Gasteiger charge is -2.22. The molecule has 18 heavy (non-hydrogen) atoms. The standard InChI is InChI=1S/C13H24O5/c1-5-18-12(15)7-6-11(14)10-17-9-8-13(2,3)16-4/h5-10H2,1-4H3. The maximum absolute atomic E-state index is 11.4. The van der Waals surface area contributed by atoms with Crippen molar-refractivity contribution >= 4 is 11.8 Å². The molecule has 0 unspecified atom stereocenters. The van der Waals surface area contributed by atoms with Crippen LogP contribution in [0.1, 0.15) is 40.0 Å². The van der Waals surface area contributed by atoms with Gasteiger partial charge in [-0.3, -0.25) is 9.59 Å². The molecule has 0 aromatic carbocycles. The van der Waals surface area contributed by atoms with Gasteiger partial charge in [0.15, 0.2) is 5.78 Å². The average Bonchev–Trinajstić information content (AvgIpc) is 2.32. The number of esters is 1. The van der Waals surface area contributed by atoms with E-state index in [-0.39, 0.29) is 36.8 Å². The van der Waals surface area contributed by atoms with Crippen LogP contribution in [0.15, 0.2) is 0 Å². The lowest BCUT2D eigenvalue weighted by molar-refractivity contribution is -0.144. The summed E-state index contributed by atoms with van der Waals surface area (Å²) in [6.45, 7) is 6.50. The van der Waals surface area contributed by atoms with Gasteiger partial charge in [-0.1, -0.05) is 0 Å². The van der Waals surface area contributed by atoms with Crippen LogP contribution >= 0.6 is 0 Å². The number of Topliss-reactive ketones (excluding diaryl/α,β-unsaturated/α-hetero) is 1. The zero-order valence-electron chi connectivity index (χ0n) is 11.8. The predicted molar refractivity (Wildman–Crippen MR) is 67.4 cm³/mol. The largest absolute Gasteiger partial charge is 0.466 e. The summed E-state index contributed by atoms with van der Waals surface area (Å²) in [5, 5.41) is 0. The van der Waals surface area contributed by atoms with Crippen LogP contribution in [0.5, 0.6) is 0 Å². The quantitative estimate of drug-likeness (QED) is 0.442. The molecule has 106 valence electrons. The molecule has 0 bridgehead atoms. The molecule has 0 N–H and O–H groups in total. The van der Waals surface area contributed by atoms with Crippen LogP contribution in [0.2, 0.25) is 0 Å². The van der Waals surface area contributed by atoms with E-state index in [1.54, 1.807) is 14.0 Å². The van der Waals surface area contributed by atoms with E-state index in [2.05, 4.69) is 0 Å². The summed E-state index contributed by atoms with van der Waals surface area (Å²) in [6.07, 6.45) is 1.01. The van der Waals surface area contributed by atoms with Crippen LogP contribution in [0.25, 0.3) is 0 Å². The van der Waals surface area contributed by atoms with Gasteiger partial charge in [-0.15, -0.1) is 0 Å². The van der Waals surface area contributed by atoms with Crippen LogP contribution < -0.4 is 0 Å². The predicted octanol–water partition coefficient (Wildman–Crippen LogP) is 1.73. The zero-order chi connectivity index (χ0) is 14.0. The molecule has 0 spiro atoms. The van der Waals surface area contributed by atoms with Gasteiger partial charge < -0.3 is 14.2 Å². The molecule has 0 aliphatic carbocycles. The lowest BCUT2D eigenvalue weighted by atomic mass is 10.1. The first-order chi connectivity index (χ1) is 8.41. The molecule has 0 amide bonds. The molecule has 0 aromatic heterocycles. The molecule has 0 aliphatic rings. The SMILES string of the molecule is CCOC(=O)CCC(=O)COCCC(C)(C)OC. The molecule has 0 saturated heterocycles. The van der Waals surface area contributed by atoms with Gasteiger partial charge in [0.25, 0.3) is 0 Å². The van der Waals surface area contributed by atoms with E-state index in [1.165, 1.54) is 0 Å². The lowest BCUT2D eigenvalue weighted by Crippen LogP contribution is -2.25. The Bertz CT molecular complexity index is 260. The number of hydrogen-bond acceptors (Lipinski definition) is 5. The first-order valence-electron chi connectivity index (χ1n) is 6.21. The second kappa shape index (κ2) is 9.05. The van der Waals surface area contributed by atoms with Crippen molar-refractivity contribution in [2.45, 2.75) is 45.6 Å². The summed E-state index contributed by atoms with van der Waals surface area (Å²) in [7, 11) is 1.64. The molecule has 0 radical (unpaired) electrons. The highest BCUT2D eigenvalue weighted by atomic mass is 16.5. The molecule has 0 aromatic rings. The van der Waals surface area contributed by atoms with Gasteiger partial charge in [-0.2, -0.15) is 0 Å². The zero-order valence-corrected chi connectivity index (χ0v) is 11.8. The fourth-order valence-corrected chi connectivity index (χ4v) is 1.15. The Labute approximate surface area is 109 Å². The maximum atomic E-state index is 11.4. The number of ether oxygens (including phenoxy) is 3. The third-order valence-electron chi connectivity index (χ3n) is 2.58. The van der Waals surface area contributed by atoms with Crippen LogP contribution in [-0.2, 0) is 23.8 Å². The number of carbonyl (C=O) groups excluding carboxylic acids is 2. The first-order valence-corrected chi connectivity index (χ1v) is 6.21. The van der Waals surface area contributed by atoms with Crippen molar-refractivity contribution in [1.29, 1.82) is 0 Å². The van der Waals surface area contributed by atoms with Crippen molar-refractivity contribution in [2.75, 3.05) is 26.9 Å². The van der Waals surface area contributed by atoms with Crippen molar-refractivity contribution in [3.05, 3.63) is 0 Å². The van der Waals surface area contributed by atoms with Gasteiger partial charge in [0.1, 0.15) is 6.61 Å². The molecule has 0 rings (SSSR count). The Morgan fingerprint density at radius 2 is 1.83 bits per heavy atom. The first kappa shape index (κ1) is 17.1. The van der Waals surface area contributed by atoms with Gasteiger partial charge in [0, 0.05) is 20.1 Å². The number of hydrogen-bond donors (Lipinski definition) is 0. The van der Waals surface area contributed by atoms with Crippen molar-refractivity contribution in [3.8, 4) is 0 Å². The van der Waals surface area contributed by atoms with E-state index in [0.29, 0.717) is 19.6 Å². The maximum Gasteiger partial charge on any atom is 0.306 e. The number of ketones is 1. The van der Waals surface area contributed by atoms with Crippen molar-refractivity contribution in [3.63, 3.8) is 0 Å². The van der Waals surface area contributed by atoms with Gasteiger partial charge >= 0.3 is 5.97 Å². The van der Waals surface area contributed by atoms with Crippen molar-refractivity contribution in [1.82, 2.24) is 0 Å². The number of methoxy groups -OCH3 is 1. The Kier molecular flexibility index (Phi) is 8.58. The summed E-state index contributed by atoms with van der Waals surface area (Å²) in [6, 6.07) is 0. The third kappa shape index (κ3) is 9.13. The number of rotatable bonds is 10. The minimum atomic E-state index is -0.341. The molecular weight excluding hydrogens is 236 g/mol. The second-order valence-electron chi connectivity index (χ2n) is 4.61. The van der Waals surface area contributed by atoms with Gasteiger partial charge in [0.2, 0.25) is 0 Å². The van der Waals surface area contributed by atoms with Crippen LogP contribution in [0.3, 0.4) is 0 Å². The molecule has 0 atom stereocenters. The highest BCUT2D eigenvalue weighted by Gasteiger charge is 2.16. The fourth-order valence-electron chi connectivity index (χ4n) is 1.15. The van der Waals surface area contributed by atoms with Crippen molar-refractivity contribution < 1.29 is 23.8 Å². The van der Waals surface area contributed by atoms with Crippen LogP contribution in [0.4, 0.5) is 0 Å². The van der Waals surface area contributed by atoms with Crippen molar-refractivity contribution in [2.24, 2.45) is 0 Å². The molecular formula is C13H24O5. The van der Waals surface area contributed by atoms with E-state index >= 15 is 0 Å². The van der Waals surface area contributed by atoms with E-state index < -0.39 is 0 Å². The topological polar surface area (TPSA) is 61.8 Å². The van der Waals surface area contributed by atoms with Crippen LogP contribution in [0, 0.1) is 0 Å². The molecule has 0 heterocycles. The molecule has 5 heteroatoms. The summed E-state index contributed by atoms with van der Waals surface area (Å²) < 4.78 is 15.2. The fraction of sp³-hybridized carbons (Fsp3) is 0.846. The molecule has 0 saturated carbocycles. The van der Waals surface area contributed by atoms with Gasteiger partial charge in [-0.25, -0.2) is 0 Å². The molecule has 0 aliphatic heterocycles. The van der Waals surface area contributed by atoms with Crippen LogP contribution in [-0.4, -0.2) is 44.3 Å². The normalized spacial score (nSPS) is 11.3. The average molecular weight is 260 g/mol. The smallest absolute Gasteiger partial charge is 0.306 e. The summed E-state index contributed by atoms with van der Waals surface area (Å²) in [5.74, 6) is -0.426. The highest BCUT2D eigenvalue weighted by molar-refractivity contribution is 5.83. The van der Waals surface area contributed by atoms with E-state index in [9.17, 15) is 9.59 Å². The second-order valence-corrected chi connectivity index (χ2v) is 4.61. The Hall–Kier alpha value is -0.940. The van der Waals surface area contributed by atoms with E-state index in [4.69, 9.17) is 14.2 Å². The third-order valence-corrected chi connectivity index (χ3v) is 2.58. The highest BCUT2D eigenvalue weighted by Crippen LogP contribution is 2.12. The van der Waals surface area contributed by atoms with Gasteiger partial charge in [-0.05, 0) is 27.2 Å². The Morgan fingerprint density at radius 3 is 2.39 bits per heavy atom. The summed E-state index contributed by atoms with van der Waals surface area (Å²) in [4.78, 5) is 22.4. The molecule has 5 nitrogen and oxygen atoms in total. The minimum absolute atomic E-state index is 0.0409. The monoisotopic (exact) mass is 260 g/mol. The summed E-state index contributed by atoms with van der Waals surface area (Å²) >= 11 is 0. The number of carbonyl (C=O) groups is 2. The van der Waals surface area contributed by atoms with Gasteiger partial charge in [0.05, 0.1) is 18.6 Å². The summed E-state index contributed by atoms with van der Waals surface area (Å²) in [5.41, 5.74) is -0.242. The minimum Gasteiger partial charge on any atom is -0.466 e. The van der Waals surface area contributed by atoms with E-state index in [0.717, 1.165) is 0 Å². The molecule has 0 fully saturated rings. The Balaban J connectivity index is 3.57.